The summed E-state index contributed by atoms with van der Waals surface area (Å²) in [4.78, 5) is 21.4. The summed E-state index contributed by atoms with van der Waals surface area (Å²) < 4.78 is 7.59. The minimum absolute atomic E-state index is 0.203. The molecule has 4 rings (SSSR count). The van der Waals surface area contributed by atoms with Gasteiger partial charge in [0.15, 0.2) is 0 Å². The Bertz CT molecular complexity index is 1060. The summed E-state index contributed by atoms with van der Waals surface area (Å²) in [6.07, 6.45) is 3.70. The van der Waals surface area contributed by atoms with Gasteiger partial charge in [-0.3, -0.25) is 4.79 Å². The smallest absolute Gasteiger partial charge is 0.322 e. The number of anilines is 1. The highest BCUT2D eigenvalue weighted by molar-refractivity contribution is 6.05. The van der Waals surface area contributed by atoms with E-state index in [1.165, 1.54) is 0 Å². The number of para-hydroxylation sites is 1. The largest absolute Gasteiger partial charge is 0.424 e. The zero-order valence-corrected chi connectivity index (χ0v) is 15.0. The Kier molecular flexibility index (Phi) is 4.30. The normalized spacial score (nSPS) is 10.7. The zero-order chi connectivity index (χ0) is 18.8. The van der Waals surface area contributed by atoms with Crippen molar-refractivity contribution < 1.29 is 9.53 Å². The molecular weight excluding hydrogens is 340 g/mol. The number of hydrogen-bond acceptors (Lipinski definition) is 4. The summed E-state index contributed by atoms with van der Waals surface area (Å²) >= 11 is 0. The Morgan fingerprint density at radius 1 is 1.00 bits per heavy atom. The van der Waals surface area contributed by atoms with Crippen LogP contribution in [-0.2, 0) is 0 Å². The summed E-state index contributed by atoms with van der Waals surface area (Å²) in [7, 11) is 0. The molecule has 0 saturated heterocycles. The maximum atomic E-state index is 12.7. The van der Waals surface area contributed by atoms with Gasteiger partial charge in [-0.1, -0.05) is 24.3 Å². The molecular formula is C21H18N4O2. The minimum Gasteiger partial charge on any atom is -0.424 e. The quantitative estimate of drug-likeness (QED) is 0.587. The van der Waals surface area contributed by atoms with E-state index in [2.05, 4.69) is 15.3 Å². The van der Waals surface area contributed by atoms with Gasteiger partial charge < -0.3 is 14.5 Å². The summed E-state index contributed by atoms with van der Waals surface area (Å²) in [5, 5.41) is 2.91. The molecule has 0 unspecified atom stereocenters. The Labute approximate surface area is 156 Å². The number of rotatable bonds is 4. The molecule has 0 atom stereocenters. The average Bonchev–Trinajstić information content (AvgIpc) is 3.10. The van der Waals surface area contributed by atoms with Gasteiger partial charge in [0.25, 0.3) is 5.91 Å². The van der Waals surface area contributed by atoms with Crippen molar-refractivity contribution in [3.63, 3.8) is 0 Å². The molecule has 4 aromatic rings. The second-order valence-corrected chi connectivity index (χ2v) is 6.18. The number of carbonyl (C=O) groups is 1. The maximum absolute atomic E-state index is 12.7. The first kappa shape index (κ1) is 16.8. The number of aryl methyl sites for hydroxylation is 2. The van der Waals surface area contributed by atoms with Crippen LogP contribution in [0, 0.1) is 13.8 Å². The van der Waals surface area contributed by atoms with Crippen LogP contribution < -0.4 is 10.1 Å². The van der Waals surface area contributed by atoms with Crippen molar-refractivity contribution in [2.24, 2.45) is 0 Å². The molecule has 1 amide bonds. The molecule has 6 heteroatoms. The zero-order valence-electron chi connectivity index (χ0n) is 15.0. The number of benzene rings is 1. The summed E-state index contributed by atoms with van der Waals surface area (Å²) in [5.41, 5.74) is 3.41. The van der Waals surface area contributed by atoms with Crippen LogP contribution in [0.25, 0.3) is 5.52 Å². The molecule has 27 heavy (non-hydrogen) atoms. The van der Waals surface area contributed by atoms with Crippen LogP contribution in [0.15, 0.2) is 67.0 Å². The highest BCUT2D eigenvalue weighted by Gasteiger charge is 2.15. The number of nitrogens with zero attached hydrogens (tertiary/aromatic N) is 3. The molecule has 0 bridgehead atoms. The summed E-state index contributed by atoms with van der Waals surface area (Å²) in [6.45, 7) is 3.64. The summed E-state index contributed by atoms with van der Waals surface area (Å²) in [6, 6.07) is 17.2. The predicted octanol–water partition coefficient (Wildman–Crippen LogP) is 4.39. The summed E-state index contributed by atoms with van der Waals surface area (Å²) in [5.74, 6) is 0.457. The Balaban J connectivity index is 1.57. The molecule has 3 heterocycles. The Morgan fingerprint density at radius 2 is 1.70 bits per heavy atom. The molecule has 1 aromatic carbocycles. The number of fused-ring (bicyclic) bond motifs is 1. The van der Waals surface area contributed by atoms with Crippen molar-refractivity contribution in [2.45, 2.75) is 13.8 Å². The molecule has 0 spiro atoms. The molecule has 0 radical (unpaired) electrons. The van der Waals surface area contributed by atoms with Gasteiger partial charge >= 0.3 is 6.01 Å². The van der Waals surface area contributed by atoms with E-state index >= 15 is 0 Å². The fourth-order valence-corrected chi connectivity index (χ4v) is 2.87. The van der Waals surface area contributed by atoms with Gasteiger partial charge in [0.05, 0.1) is 22.6 Å². The van der Waals surface area contributed by atoms with E-state index in [4.69, 9.17) is 4.74 Å². The van der Waals surface area contributed by atoms with Crippen LogP contribution in [-0.4, -0.2) is 20.3 Å². The molecule has 0 fully saturated rings. The number of amides is 1. The van der Waals surface area contributed by atoms with Gasteiger partial charge in [0.2, 0.25) is 0 Å². The third-order valence-electron chi connectivity index (χ3n) is 4.21. The van der Waals surface area contributed by atoms with Crippen LogP contribution in [0.2, 0.25) is 0 Å². The van der Waals surface area contributed by atoms with Crippen molar-refractivity contribution in [1.82, 2.24) is 14.4 Å². The maximum Gasteiger partial charge on any atom is 0.322 e. The SMILES string of the molecule is Cc1nc(Oc2ccccc2)nc(C)c1NC(=O)c1cc2ccccn2c1. The van der Waals surface area contributed by atoms with E-state index < -0.39 is 0 Å². The fourth-order valence-electron chi connectivity index (χ4n) is 2.87. The lowest BCUT2D eigenvalue weighted by Gasteiger charge is -2.12. The first-order chi connectivity index (χ1) is 13.1. The number of carbonyl (C=O) groups excluding carboxylic acids is 1. The van der Waals surface area contributed by atoms with Crippen LogP contribution in [0.5, 0.6) is 11.8 Å². The van der Waals surface area contributed by atoms with Gasteiger partial charge in [-0.05, 0) is 44.2 Å². The number of nitrogens with one attached hydrogen (secondary N) is 1. The van der Waals surface area contributed by atoms with Crippen molar-refractivity contribution in [3.05, 3.63) is 83.9 Å². The molecule has 6 nitrogen and oxygen atoms in total. The predicted molar refractivity (Wildman–Crippen MR) is 103 cm³/mol. The van der Waals surface area contributed by atoms with E-state index in [0.717, 1.165) is 5.52 Å². The van der Waals surface area contributed by atoms with Crippen molar-refractivity contribution >= 4 is 17.1 Å². The monoisotopic (exact) mass is 358 g/mol. The number of aromatic nitrogens is 3. The first-order valence-corrected chi connectivity index (χ1v) is 8.56. The van der Waals surface area contributed by atoms with Gasteiger partial charge in [-0.2, -0.15) is 9.97 Å². The standard InChI is InChI=1S/C21H18N4O2/c1-14-19(15(2)23-21(22-14)27-18-9-4-3-5-10-18)24-20(26)16-12-17-8-6-7-11-25(17)13-16/h3-13H,1-2H3,(H,24,26). The molecule has 0 aliphatic heterocycles. The number of hydrogen-bond donors (Lipinski definition) is 1. The highest BCUT2D eigenvalue weighted by Crippen LogP contribution is 2.24. The second kappa shape index (κ2) is 6.92. The van der Waals surface area contributed by atoms with Crippen LogP contribution in [0.4, 0.5) is 5.69 Å². The van der Waals surface area contributed by atoms with E-state index in [0.29, 0.717) is 28.4 Å². The van der Waals surface area contributed by atoms with Crippen molar-refractivity contribution in [3.8, 4) is 11.8 Å². The lowest BCUT2D eigenvalue weighted by atomic mass is 10.2. The average molecular weight is 358 g/mol. The highest BCUT2D eigenvalue weighted by atomic mass is 16.5. The van der Waals surface area contributed by atoms with Gasteiger partial charge in [-0.25, -0.2) is 0 Å². The van der Waals surface area contributed by atoms with E-state index in [9.17, 15) is 4.79 Å². The van der Waals surface area contributed by atoms with Crippen molar-refractivity contribution in [1.29, 1.82) is 0 Å². The minimum atomic E-state index is -0.203. The lowest BCUT2D eigenvalue weighted by Crippen LogP contribution is -2.14. The van der Waals surface area contributed by atoms with Crippen LogP contribution >= 0.6 is 0 Å². The topological polar surface area (TPSA) is 68.5 Å². The number of pyridine rings is 1. The number of ether oxygens (including phenoxy) is 1. The van der Waals surface area contributed by atoms with E-state index in [1.54, 1.807) is 6.20 Å². The van der Waals surface area contributed by atoms with Crippen molar-refractivity contribution in [2.75, 3.05) is 5.32 Å². The molecule has 0 aliphatic rings. The van der Waals surface area contributed by atoms with Crippen LogP contribution in [0.1, 0.15) is 21.7 Å². The van der Waals surface area contributed by atoms with Gasteiger partial charge in [-0.15, -0.1) is 0 Å². The molecule has 134 valence electrons. The molecule has 0 aliphatic carbocycles. The van der Waals surface area contributed by atoms with Gasteiger partial charge in [0, 0.05) is 17.9 Å². The molecule has 1 N–H and O–H groups in total. The second-order valence-electron chi connectivity index (χ2n) is 6.18. The fraction of sp³-hybridized carbons (Fsp3) is 0.0952. The Hall–Kier alpha value is -3.67. The van der Waals surface area contributed by atoms with E-state index in [-0.39, 0.29) is 11.9 Å². The van der Waals surface area contributed by atoms with Crippen LogP contribution in [0.3, 0.4) is 0 Å². The molecule has 3 aromatic heterocycles. The Morgan fingerprint density at radius 3 is 2.41 bits per heavy atom. The van der Waals surface area contributed by atoms with E-state index in [1.807, 2.05) is 79.0 Å². The van der Waals surface area contributed by atoms with Gasteiger partial charge in [0.1, 0.15) is 5.75 Å². The third kappa shape index (κ3) is 3.50. The lowest BCUT2D eigenvalue weighted by molar-refractivity contribution is 0.102. The molecule has 0 saturated carbocycles. The third-order valence-corrected chi connectivity index (χ3v) is 4.21. The first-order valence-electron chi connectivity index (χ1n) is 8.56.